The molecule has 2 nitrogen and oxygen atoms in total. The predicted molar refractivity (Wildman–Crippen MR) is 85.3 cm³/mol. The Hall–Kier alpha value is -1.22. The smallest absolute Gasteiger partial charge is 0.257 e. The number of nitrogens with one attached hydrogen (secondary N) is 1. The molecular weight excluding hydrogens is 317 g/mol. The van der Waals surface area contributed by atoms with Crippen molar-refractivity contribution in [1.29, 1.82) is 0 Å². The fourth-order valence-corrected chi connectivity index (χ4v) is 2.35. The van der Waals surface area contributed by atoms with Crippen LogP contribution in [-0.4, -0.2) is 11.8 Å². The third kappa shape index (κ3) is 3.66. The summed E-state index contributed by atoms with van der Waals surface area (Å²) in [5.41, 5.74) is 2.17. The van der Waals surface area contributed by atoms with Crippen LogP contribution in [0.15, 0.2) is 42.5 Å². The summed E-state index contributed by atoms with van der Waals surface area (Å²) in [4.78, 5) is 12.1. The molecule has 0 aliphatic rings. The largest absolute Gasteiger partial charge is 0.322 e. The van der Waals surface area contributed by atoms with Gasteiger partial charge in [-0.1, -0.05) is 41.4 Å². The topological polar surface area (TPSA) is 29.1 Å². The van der Waals surface area contributed by atoms with Gasteiger partial charge < -0.3 is 5.32 Å². The average Bonchev–Trinajstić information content (AvgIpc) is 2.44. The van der Waals surface area contributed by atoms with E-state index in [4.69, 9.17) is 34.8 Å². The van der Waals surface area contributed by atoms with Gasteiger partial charge in [0.05, 0.1) is 15.6 Å². The number of halogens is 3. The molecule has 2 aromatic carbocycles. The number of alkyl halides is 1. The van der Waals surface area contributed by atoms with E-state index < -0.39 is 0 Å². The van der Waals surface area contributed by atoms with E-state index in [0.29, 0.717) is 22.2 Å². The Morgan fingerprint density at radius 2 is 1.75 bits per heavy atom. The first kappa shape index (κ1) is 15.2. The number of carbonyl (C=O) groups is 1. The van der Waals surface area contributed by atoms with Crippen LogP contribution in [0.2, 0.25) is 10.0 Å². The minimum atomic E-state index is -0.289. The lowest BCUT2D eigenvalue weighted by Crippen LogP contribution is -2.12. The van der Waals surface area contributed by atoms with Crippen molar-refractivity contribution in [2.24, 2.45) is 0 Å². The Morgan fingerprint density at radius 1 is 1.05 bits per heavy atom. The van der Waals surface area contributed by atoms with Crippen LogP contribution < -0.4 is 5.32 Å². The second kappa shape index (κ2) is 6.98. The first-order chi connectivity index (χ1) is 9.61. The summed E-state index contributed by atoms with van der Waals surface area (Å²) >= 11 is 17.6. The van der Waals surface area contributed by atoms with Gasteiger partial charge in [-0.05, 0) is 36.2 Å². The van der Waals surface area contributed by atoms with E-state index in [1.165, 1.54) is 0 Å². The minimum absolute atomic E-state index is 0.255. The van der Waals surface area contributed by atoms with E-state index in [1.807, 2.05) is 24.3 Å². The van der Waals surface area contributed by atoms with Crippen LogP contribution in [0.3, 0.4) is 0 Å². The molecule has 0 spiro atoms. The third-order valence-electron chi connectivity index (χ3n) is 2.79. The zero-order valence-corrected chi connectivity index (χ0v) is 12.8. The number of rotatable bonds is 4. The van der Waals surface area contributed by atoms with Gasteiger partial charge in [-0.2, -0.15) is 0 Å². The molecule has 0 aliphatic carbocycles. The van der Waals surface area contributed by atoms with E-state index in [9.17, 15) is 4.79 Å². The second-order valence-corrected chi connectivity index (χ2v) is 5.35. The molecule has 0 bridgehead atoms. The molecule has 0 radical (unpaired) electrons. The number of hydrogen-bond donors (Lipinski definition) is 1. The number of carbonyl (C=O) groups excluding carboxylic acids is 1. The van der Waals surface area contributed by atoms with Crippen LogP contribution in [-0.2, 0) is 6.42 Å². The molecule has 0 saturated heterocycles. The molecule has 1 amide bonds. The predicted octanol–water partition coefficient (Wildman–Crippen LogP) is 5.03. The molecule has 0 unspecified atom stereocenters. The lowest BCUT2D eigenvalue weighted by molar-refractivity contribution is 0.102. The molecule has 0 heterocycles. The number of aryl methyl sites for hydroxylation is 1. The molecule has 0 fully saturated rings. The van der Waals surface area contributed by atoms with Crippen molar-refractivity contribution in [3.8, 4) is 0 Å². The maximum Gasteiger partial charge on any atom is 0.257 e. The highest BCUT2D eigenvalue weighted by Gasteiger charge is 2.12. The maximum atomic E-state index is 12.1. The number of amides is 1. The van der Waals surface area contributed by atoms with E-state index in [-0.39, 0.29) is 10.9 Å². The van der Waals surface area contributed by atoms with Gasteiger partial charge in [0.15, 0.2) is 0 Å². The fraction of sp³-hybridized carbons (Fsp3) is 0.133. The van der Waals surface area contributed by atoms with E-state index in [1.54, 1.807) is 18.2 Å². The van der Waals surface area contributed by atoms with Crippen molar-refractivity contribution in [2.75, 3.05) is 11.2 Å². The van der Waals surface area contributed by atoms with Crippen LogP contribution in [0, 0.1) is 0 Å². The van der Waals surface area contributed by atoms with Crippen molar-refractivity contribution in [3.05, 3.63) is 63.6 Å². The van der Waals surface area contributed by atoms with E-state index in [0.717, 1.165) is 12.0 Å². The van der Waals surface area contributed by atoms with E-state index in [2.05, 4.69) is 5.32 Å². The highest BCUT2D eigenvalue weighted by Crippen LogP contribution is 2.26. The Bertz CT molecular complexity index is 611. The molecule has 0 atom stereocenters. The van der Waals surface area contributed by atoms with Crippen LogP contribution in [0.25, 0.3) is 0 Å². The Labute approximate surface area is 132 Å². The molecule has 0 aromatic heterocycles. The molecule has 104 valence electrons. The number of anilines is 1. The Morgan fingerprint density at radius 3 is 2.40 bits per heavy atom. The quantitative estimate of drug-likeness (QED) is 0.784. The van der Waals surface area contributed by atoms with Crippen molar-refractivity contribution >= 4 is 46.4 Å². The summed E-state index contributed by atoms with van der Waals surface area (Å²) in [5.74, 6) is 0.284. The fourth-order valence-electron chi connectivity index (χ4n) is 1.74. The number of benzene rings is 2. The van der Waals surface area contributed by atoms with Crippen LogP contribution in [0.5, 0.6) is 0 Å². The van der Waals surface area contributed by atoms with Crippen molar-refractivity contribution in [3.63, 3.8) is 0 Å². The van der Waals surface area contributed by atoms with Gasteiger partial charge in [-0.25, -0.2) is 0 Å². The van der Waals surface area contributed by atoms with Gasteiger partial charge >= 0.3 is 0 Å². The van der Waals surface area contributed by atoms with E-state index >= 15 is 0 Å². The van der Waals surface area contributed by atoms with Crippen LogP contribution in [0.1, 0.15) is 15.9 Å². The number of hydrogen-bond acceptors (Lipinski definition) is 1. The average molecular weight is 329 g/mol. The normalized spacial score (nSPS) is 10.3. The lowest BCUT2D eigenvalue weighted by Gasteiger charge is -2.08. The van der Waals surface area contributed by atoms with Crippen LogP contribution >= 0.6 is 34.8 Å². The van der Waals surface area contributed by atoms with Gasteiger partial charge in [-0.3, -0.25) is 4.79 Å². The minimum Gasteiger partial charge on any atom is -0.322 e. The Kier molecular flexibility index (Phi) is 5.30. The maximum absolute atomic E-state index is 12.1. The molecule has 1 N–H and O–H groups in total. The third-order valence-corrected chi connectivity index (χ3v) is 3.80. The van der Waals surface area contributed by atoms with Crippen molar-refractivity contribution in [1.82, 2.24) is 0 Å². The van der Waals surface area contributed by atoms with Crippen molar-refractivity contribution in [2.45, 2.75) is 6.42 Å². The summed E-state index contributed by atoms with van der Waals surface area (Å²) in [7, 11) is 0. The van der Waals surface area contributed by atoms with Crippen molar-refractivity contribution < 1.29 is 4.79 Å². The summed E-state index contributed by atoms with van der Waals surface area (Å²) in [6, 6.07) is 12.5. The summed E-state index contributed by atoms with van der Waals surface area (Å²) in [6.07, 6.45) is 0.801. The van der Waals surface area contributed by atoms with Gasteiger partial charge in [0.1, 0.15) is 0 Å². The molecule has 0 aliphatic heterocycles. The zero-order valence-electron chi connectivity index (χ0n) is 10.5. The van der Waals surface area contributed by atoms with Crippen LogP contribution in [0.4, 0.5) is 5.69 Å². The zero-order chi connectivity index (χ0) is 14.5. The standard InChI is InChI=1S/C15H12Cl3NO/c16-9-8-10-4-6-11(7-5-10)19-15(20)12-2-1-3-13(17)14(12)18/h1-7H,8-9H2,(H,19,20). The molecule has 5 heteroatoms. The summed E-state index contributed by atoms with van der Waals surface area (Å²) in [5, 5.41) is 3.39. The molecule has 20 heavy (non-hydrogen) atoms. The van der Waals surface area contributed by atoms with Gasteiger partial charge in [0.2, 0.25) is 0 Å². The first-order valence-corrected chi connectivity index (χ1v) is 7.31. The summed E-state index contributed by atoms with van der Waals surface area (Å²) in [6.45, 7) is 0. The Balaban J connectivity index is 2.13. The monoisotopic (exact) mass is 327 g/mol. The second-order valence-electron chi connectivity index (χ2n) is 4.19. The first-order valence-electron chi connectivity index (χ1n) is 6.02. The summed E-state index contributed by atoms with van der Waals surface area (Å²) < 4.78 is 0. The van der Waals surface area contributed by atoms with Gasteiger partial charge in [-0.15, -0.1) is 11.6 Å². The highest BCUT2D eigenvalue weighted by atomic mass is 35.5. The van der Waals surface area contributed by atoms with Gasteiger partial charge in [0.25, 0.3) is 5.91 Å². The lowest BCUT2D eigenvalue weighted by atomic mass is 10.1. The van der Waals surface area contributed by atoms with Gasteiger partial charge in [0, 0.05) is 11.6 Å². The molecule has 2 aromatic rings. The SMILES string of the molecule is O=C(Nc1ccc(CCCl)cc1)c1cccc(Cl)c1Cl. The molecular formula is C15H12Cl3NO. The molecule has 2 rings (SSSR count). The molecule has 0 saturated carbocycles. The highest BCUT2D eigenvalue weighted by molar-refractivity contribution is 6.44.